The first-order valence-corrected chi connectivity index (χ1v) is 12.6. The fraction of sp³-hybridized carbons (Fsp3) is 0.357. The Morgan fingerprint density at radius 1 is 1.03 bits per heavy atom. The summed E-state index contributed by atoms with van der Waals surface area (Å²) in [5.41, 5.74) is 0.904. The highest BCUT2D eigenvalue weighted by Crippen LogP contribution is 2.33. The summed E-state index contributed by atoms with van der Waals surface area (Å²) in [5, 5.41) is 5.06. The van der Waals surface area contributed by atoms with Crippen LogP contribution < -0.4 is 14.8 Å². The van der Waals surface area contributed by atoms with Crippen molar-refractivity contribution in [2.45, 2.75) is 39.8 Å². The molecule has 0 unspecified atom stereocenters. The number of hydrogen-bond acceptors (Lipinski definition) is 4. The van der Waals surface area contributed by atoms with Crippen molar-refractivity contribution < 1.29 is 19.1 Å². The molecule has 0 aromatic heterocycles. The molecular weight excluding hydrogens is 508 g/mol. The van der Waals surface area contributed by atoms with Gasteiger partial charge >= 0.3 is 0 Å². The smallest absolute Gasteiger partial charge is 0.261 e. The summed E-state index contributed by atoms with van der Waals surface area (Å²) in [6.07, 6.45) is 0.492. The van der Waals surface area contributed by atoms with Crippen LogP contribution in [0.3, 0.4) is 0 Å². The van der Waals surface area contributed by atoms with Gasteiger partial charge in [-0.2, -0.15) is 0 Å². The van der Waals surface area contributed by atoms with Crippen molar-refractivity contribution in [3.63, 3.8) is 0 Å². The minimum Gasteiger partial charge on any atom is -0.497 e. The molecule has 0 bridgehead atoms. The summed E-state index contributed by atoms with van der Waals surface area (Å²) in [7, 11) is 1.61. The third kappa shape index (κ3) is 6.98. The number of methoxy groups -OCH3 is 1. The SMILES string of the molecule is CC[C@H](C(=O)NCC(C)C)N(Cc1ccc(OC)cc1)C(=O)COc1ccc2ccccc2c1Br. The molecule has 1 atom stereocenters. The van der Waals surface area contributed by atoms with Gasteiger partial charge in [0.25, 0.3) is 5.91 Å². The second-order valence-electron chi connectivity index (χ2n) is 8.82. The number of ether oxygens (including phenoxy) is 2. The Morgan fingerprint density at radius 3 is 2.40 bits per heavy atom. The van der Waals surface area contributed by atoms with Crippen LogP contribution in [0.5, 0.6) is 11.5 Å². The van der Waals surface area contributed by atoms with Gasteiger partial charge in [0.2, 0.25) is 5.91 Å². The quantitative estimate of drug-likeness (QED) is 0.345. The molecule has 186 valence electrons. The molecule has 0 radical (unpaired) electrons. The highest BCUT2D eigenvalue weighted by molar-refractivity contribution is 9.10. The number of carbonyl (C=O) groups excluding carboxylic acids is 2. The van der Waals surface area contributed by atoms with Gasteiger partial charge in [0, 0.05) is 13.1 Å². The number of carbonyl (C=O) groups is 2. The van der Waals surface area contributed by atoms with Gasteiger partial charge in [0.15, 0.2) is 6.61 Å². The highest BCUT2D eigenvalue weighted by Gasteiger charge is 2.29. The van der Waals surface area contributed by atoms with Crippen LogP contribution in [0.4, 0.5) is 0 Å². The van der Waals surface area contributed by atoms with E-state index >= 15 is 0 Å². The Bertz CT molecular complexity index is 1150. The van der Waals surface area contributed by atoms with E-state index in [2.05, 4.69) is 21.2 Å². The molecule has 0 fully saturated rings. The van der Waals surface area contributed by atoms with Crippen molar-refractivity contribution in [1.29, 1.82) is 0 Å². The maximum Gasteiger partial charge on any atom is 0.261 e. The fourth-order valence-electron chi connectivity index (χ4n) is 3.82. The maximum absolute atomic E-state index is 13.4. The van der Waals surface area contributed by atoms with Gasteiger partial charge in [-0.3, -0.25) is 9.59 Å². The van der Waals surface area contributed by atoms with Crippen molar-refractivity contribution in [2.24, 2.45) is 5.92 Å². The molecule has 3 aromatic carbocycles. The standard InChI is InChI=1S/C28H33BrN2O4/c1-5-24(28(33)30-16-19(2)3)31(17-20-10-13-22(34-4)14-11-20)26(32)18-35-25-15-12-21-8-6-7-9-23(21)27(25)29/h6-15,19,24H,5,16-18H2,1-4H3,(H,30,33)/t24-/m1/s1. The Kier molecular flexibility index (Phi) is 9.55. The first-order valence-electron chi connectivity index (χ1n) is 11.8. The number of benzene rings is 3. The Morgan fingerprint density at radius 2 is 1.74 bits per heavy atom. The van der Waals surface area contributed by atoms with Crippen LogP contribution in [-0.4, -0.2) is 43.0 Å². The molecule has 0 aliphatic rings. The molecule has 7 heteroatoms. The van der Waals surface area contributed by atoms with Gasteiger partial charge in [-0.25, -0.2) is 0 Å². The first kappa shape index (κ1) is 26.5. The number of rotatable bonds is 11. The van der Waals surface area contributed by atoms with Crippen molar-refractivity contribution in [2.75, 3.05) is 20.3 Å². The Labute approximate surface area is 215 Å². The Balaban J connectivity index is 1.81. The molecule has 0 heterocycles. The zero-order chi connectivity index (χ0) is 25.4. The third-order valence-electron chi connectivity index (χ3n) is 5.76. The Hall–Kier alpha value is -3.06. The average Bonchev–Trinajstić information content (AvgIpc) is 2.87. The van der Waals surface area contributed by atoms with E-state index in [0.717, 1.165) is 26.6 Å². The van der Waals surface area contributed by atoms with Gasteiger partial charge in [-0.15, -0.1) is 0 Å². The molecule has 1 N–H and O–H groups in total. The summed E-state index contributed by atoms with van der Waals surface area (Å²) in [6, 6.07) is 18.7. The number of nitrogens with one attached hydrogen (secondary N) is 1. The molecule has 35 heavy (non-hydrogen) atoms. The molecule has 0 aliphatic carbocycles. The van der Waals surface area contributed by atoms with E-state index in [1.54, 1.807) is 12.0 Å². The zero-order valence-electron chi connectivity index (χ0n) is 20.7. The molecule has 2 amide bonds. The summed E-state index contributed by atoms with van der Waals surface area (Å²) in [5.74, 6) is 1.22. The second kappa shape index (κ2) is 12.6. The molecule has 3 rings (SSSR count). The first-order chi connectivity index (χ1) is 16.8. The van der Waals surface area contributed by atoms with Gasteiger partial charge in [-0.05, 0) is 62.8 Å². The lowest BCUT2D eigenvalue weighted by Gasteiger charge is -2.31. The predicted octanol–water partition coefficient (Wildman–Crippen LogP) is 5.57. The van der Waals surface area contributed by atoms with Crippen LogP contribution >= 0.6 is 15.9 Å². The van der Waals surface area contributed by atoms with Crippen LogP contribution in [0.15, 0.2) is 65.1 Å². The number of nitrogens with zero attached hydrogens (tertiary/aromatic N) is 1. The monoisotopic (exact) mass is 540 g/mol. The van der Waals surface area contributed by atoms with E-state index in [-0.39, 0.29) is 18.4 Å². The van der Waals surface area contributed by atoms with Gasteiger partial charge in [-0.1, -0.05) is 63.2 Å². The van der Waals surface area contributed by atoms with Gasteiger partial charge in [0.1, 0.15) is 17.5 Å². The maximum atomic E-state index is 13.4. The highest BCUT2D eigenvalue weighted by atomic mass is 79.9. The lowest BCUT2D eigenvalue weighted by molar-refractivity contribution is -0.143. The van der Waals surface area contributed by atoms with Crippen molar-refractivity contribution in [3.05, 3.63) is 70.7 Å². The van der Waals surface area contributed by atoms with Gasteiger partial charge in [0.05, 0.1) is 11.6 Å². The predicted molar refractivity (Wildman–Crippen MR) is 143 cm³/mol. The average molecular weight is 541 g/mol. The second-order valence-corrected chi connectivity index (χ2v) is 9.61. The van der Waals surface area contributed by atoms with E-state index < -0.39 is 6.04 Å². The molecule has 3 aromatic rings. The molecular formula is C28H33BrN2O4. The van der Waals surface area contributed by atoms with Crippen molar-refractivity contribution in [1.82, 2.24) is 10.2 Å². The van der Waals surface area contributed by atoms with Crippen LogP contribution in [-0.2, 0) is 16.1 Å². The molecule has 0 saturated carbocycles. The largest absolute Gasteiger partial charge is 0.497 e. The van der Waals surface area contributed by atoms with E-state index in [1.165, 1.54) is 0 Å². The normalized spacial score (nSPS) is 11.8. The number of amides is 2. The van der Waals surface area contributed by atoms with Crippen LogP contribution in [0, 0.1) is 5.92 Å². The minimum atomic E-state index is -0.605. The number of fused-ring (bicyclic) bond motifs is 1. The van der Waals surface area contributed by atoms with E-state index in [4.69, 9.17) is 9.47 Å². The lowest BCUT2D eigenvalue weighted by atomic mass is 10.1. The zero-order valence-corrected chi connectivity index (χ0v) is 22.3. The molecule has 0 saturated heterocycles. The van der Waals surface area contributed by atoms with Crippen LogP contribution in [0.25, 0.3) is 10.8 Å². The summed E-state index contributed by atoms with van der Waals surface area (Å²) in [4.78, 5) is 28.1. The van der Waals surface area contributed by atoms with E-state index in [9.17, 15) is 9.59 Å². The topological polar surface area (TPSA) is 67.9 Å². The number of halogens is 1. The van der Waals surface area contributed by atoms with Crippen LogP contribution in [0.2, 0.25) is 0 Å². The van der Waals surface area contributed by atoms with Crippen molar-refractivity contribution >= 4 is 38.5 Å². The summed E-state index contributed by atoms with van der Waals surface area (Å²) >= 11 is 3.61. The number of hydrogen-bond donors (Lipinski definition) is 1. The summed E-state index contributed by atoms with van der Waals surface area (Å²) in [6.45, 7) is 6.66. The molecule has 6 nitrogen and oxygen atoms in total. The van der Waals surface area contributed by atoms with Gasteiger partial charge < -0.3 is 19.7 Å². The molecule has 0 spiro atoms. The van der Waals surface area contributed by atoms with Crippen LogP contribution in [0.1, 0.15) is 32.8 Å². The van der Waals surface area contributed by atoms with Crippen molar-refractivity contribution in [3.8, 4) is 11.5 Å². The van der Waals surface area contributed by atoms with E-state index in [1.807, 2.05) is 81.4 Å². The van der Waals surface area contributed by atoms with E-state index in [0.29, 0.717) is 31.2 Å². The minimum absolute atomic E-state index is 0.157. The molecule has 0 aliphatic heterocycles. The summed E-state index contributed by atoms with van der Waals surface area (Å²) < 4.78 is 12.0. The fourth-order valence-corrected chi connectivity index (χ4v) is 4.42. The lowest BCUT2D eigenvalue weighted by Crippen LogP contribution is -2.50. The third-order valence-corrected chi connectivity index (χ3v) is 6.58.